The highest BCUT2D eigenvalue weighted by Gasteiger charge is 2.49. The van der Waals surface area contributed by atoms with Gasteiger partial charge in [0.25, 0.3) is 5.91 Å². The van der Waals surface area contributed by atoms with Gasteiger partial charge in [-0.15, -0.1) is 0 Å². The van der Waals surface area contributed by atoms with Crippen molar-refractivity contribution in [1.29, 1.82) is 0 Å². The number of hydrogen-bond donors (Lipinski definition) is 1. The Labute approximate surface area is 168 Å². The number of rotatable bonds is 4. The molecule has 0 radical (unpaired) electrons. The van der Waals surface area contributed by atoms with Crippen LogP contribution in [0.25, 0.3) is 0 Å². The first-order chi connectivity index (χ1) is 14.0. The molecular formula is C23H22N2O4. The zero-order chi connectivity index (χ0) is 20.2. The second-order valence-electron chi connectivity index (χ2n) is 8.13. The third-order valence-corrected chi connectivity index (χ3v) is 6.26. The predicted octanol–water partition coefficient (Wildman–Crippen LogP) is 2.76. The van der Waals surface area contributed by atoms with Crippen molar-refractivity contribution in [3.05, 3.63) is 64.2 Å². The Morgan fingerprint density at radius 1 is 1.07 bits per heavy atom. The summed E-state index contributed by atoms with van der Waals surface area (Å²) < 4.78 is 5.47. The molecule has 6 heteroatoms. The van der Waals surface area contributed by atoms with Crippen LogP contribution in [0.3, 0.4) is 0 Å². The Morgan fingerprint density at radius 2 is 1.90 bits per heavy atom. The van der Waals surface area contributed by atoms with Gasteiger partial charge in [-0.25, -0.2) is 4.79 Å². The molecule has 1 atom stereocenters. The van der Waals surface area contributed by atoms with Crippen LogP contribution in [0.4, 0.5) is 4.79 Å². The fraction of sp³-hybridized carbons (Fsp3) is 0.348. The van der Waals surface area contributed by atoms with Gasteiger partial charge in [-0.3, -0.25) is 14.5 Å². The van der Waals surface area contributed by atoms with E-state index in [1.165, 1.54) is 11.1 Å². The van der Waals surface area contributed by atoms with E-state index < -0.39 is 17.5 Å². The summed E-state index contributed by atoms with van der Waals surface area (Å²) in [7, 11) is 0. The maximum atomic E-state index is 13.2. The quantitative estimate of drug-likeness (QED) is 0.643. The second-order valence-corrected chi connectivity index (χ2v) is 8.13. The van der Waals surface area contributed by atoms with E-state index in [2.05, 4.69) is 5.32 Å². The van der Waals surface area contributed by atoms with Gasteiger partial charge in [0.05, 0.1) is 13.2 Å². The van der Waals surface area contributed by atoms with E-state index in [0.29, 0.717) is 12.2 Å². The molecule has 1 aliphatic carbocycles. The maximum absolute atomic E-state index is 13.2. The zero-order valence-corrected chi connectivity index (χ0v) is 16.3. The number of imide groups is 1. The lowest BCUT2D eigenvalue weighted by Crippen LogP contribution is -2.41. The molecule has 2 aromatic carbocycles. The summed E-state index contributed by atoms with van der Waals surface area (Å²) >= 11 is 0. The molecule has 2 heterocycles. The standard InChI is InChI=1S/C23H22N2O4/c1-23(18-7-5-14-3-2-4-15(14)12-18)21(27)25(22(28)24-23)13-19(26)16-6-8-20-17(11-16)9-10-29-20/h5-8,11-12H,2-4,9-10,13H2,1H3,(H,24,28). The third-order valence-electron chi connectivity index (χ3n) is 6.26. The molecule has 0 saturated carbocycles. The Bertz CT molecular complexity index is 1060. The molecule has 29 heavy (non-hydrogen) atoms. The lowest BCUT2D eigenvalue weighted by molar-refractivity contribution is -0.130. The minimum Gasteiger partial charge on any atom is -0.493 e. The van der Waals surface area contributed by atoms with Crippen molar-refractivity contribution in [3.8, 4) is 5.75 Å². The van der Waals surface area contributed by atoms with Gasteiger partial charge in [0.2, 0.25) is 0 Å². The number of hydrogen-bond acceptors (Lipinski definition) is 4. The van der Waals surface area contributed by atoms with Crippen molar-refractivity contribution >= 4 is 17.7 Å². The summed E-state index contributed by atoms with van der Waals surface area (Å²) in [5.41, 5.74) is 3.63. The zero-order valence-electron chi connectivity index (χ0n) is 16.3. The molecule has 5 rings (SSSR count). The molecule has 0 spiro atoms. The number of aryl methyl sites for hydroxylation is 2. The third kappa shape index (κ3) is 2.82. The van der Waals surface area contributed by atoms with Crippen molar-refractivity contribution in [2.24, 2.45) is 0 Å². The highest BCUT2D eigenvalue weighted by atomic mass is 16.5. The van der Waals surface area contributed by atoms with Gasteiger partial charge >= 0.3 is 6.03 Å². The van der Waals surface area contributed by atoms with Crippen LogP contribution < -0.4 is 10.1 Å². The van der Waals surface area contributed by atoms with E-state index in [0.717, 1.165) is 47.5 Å². The number of ether oxygens (including phenoxy) is 1. The van der Waals surface area contributed by atoms with Crippen LogP contribution >= 0.6 is 0 Å². The maximum Gasteiger partial charge on any atom is 0.325 e. The molecule has 1 fully saturated rings. The number of fused-ring (bicyclic) bond motifs is 2. The molecule has 0 aromatic heterocycles. The molecule has 2 aliphatic heterocycles. The molecule has 6 nitrogen and oxygen atoms in total. The number of benzene rings is 2. The van der Waals surface area contributed by atoms with E-state index >= 15 is 0 Å². The van der Waals surface area contributed by atoms with E-state index in [1.54, 1.807) is 25.1 Å². The second kappa shape index (κ2) is 6.44. The van der Waals surface area contributed by atoms with Crippen molar-refractivity contribution in [3.63, 3.8) is 0 Å². The number of ketones is 1. The molecule has 1 unspecified atom stereocenters. The van der Waals surface area contributed by atoms with E-state index in [4.69, 9.17) is 4.74 Å². The summed E-state index contributed by atoms with van der Waals surface area (Å²) in [4.78, 5) is 39.6. The van der Waals surface area contributed by atoms with Gasteiger partial charge < -0.3 is 10.1 Å². The highest BCUT2D eigenvalue weighted by molar-refractivity contribution is 6.11. The number of carbonyl (C=O) groups is 3. The number of carbonyl (C=O) groups excluding carboxylic acids is 3. The molecule has 3 amide bonds. The molecular weight excluding hydrogens is 368 g/mol. The molecule has 2 aromatic rings. The molecule has 0 bridgehead atoms. The molecule has 1 saturated heterocycles. The predicted molar refractivity (Wildman–Crippen MR) is 106 cm³/mol. The van der Waals surface area contributed by atoms with Crippen molar-refractivity contribution in [1.82, 2.24) is 10.2 Å². The number of nitrogens with one attached hydrogen (secondary N) is 1. The number of nitrogens with zero attached hydrogens (tertiary/aromatic N) is 1. The average molecular weight is 390 g/mol. The van der Waals surface area contributed by atoms with Gasteiger partial charge in [0.1, 0.15) is 11.3 Å². The summed E-state index contributed by atoms with van der Waals surface area (Å²) in [5, 5.41) is 2.80. The van der Waals surface area contributed by atoms with E-state index in [1.807, 2.05) is 18.2 Å². The minimum absolute atomic E-state index is 0.263. The van der Waals surface area contributed by atoms with Crippen LogP contribution in [-0.4, -0.2) is 35.8 Å². The fourth-order valence-corrected chi connectivity index (χ4v) is 4.51. The van der Waals surface area contributed by atoms with Gasteiger partial charge in [-0.1, -0.05) is 18.2 Å². The Kier molecular flexibility index (Phi) is 3.98. The van der Waals surface area contributed by atoms with Crippen LogP contribution in [0.1, 0.15) is 46.0 Å². The van der Waals surface area contributed by atoms with Gasteiger partial charge in [-0.2, -0.15) is 0 Å². The number of amides is 3. The Balaban J connectivity index is 1.38. The van der Waals surface area contributed by atoms with Crippen LogP contribution in [0.5, 0.6) is 5.75 Å². The monoisotopic (exact) mass is 390 g/mol. The van der Waals surface area contributed by atoms with Gasteiger partial charge in [-0.05, 0) is 66.6 Å². The Morgan fingerprint density at radius 3 is 2.76 bits per heavy atom. The number of Topliss-reactive ketones (excluding diaryl/α,β-unsaturated/α-hetero) is 1. The number of urea groups is 1. The first-order valence-corrected chi connectivity index (χ1v) is 10.0. The lowest BCUT2D eigenvalue weighted by atomic mass is 9.89. The summed E-state index contributed by atoms with van der Waals surface area (Å²) in [6.07, 6.45) is 3.92. The summed E-state index contributed by atoms with van der Waals surface area (Å²) in [6, 6.07) is 10.7. The van der Waals surface area contributed by atoms with Crippen LogP contribution in [0, 0.1) is 0 Å². The Hall–Kier alpha value is -3.15. The average Bonchev–Trinajstić information content (AvgIpc) is 3.42. The largest absolute Gasteiger partial charge is 0.493 e. The first-order valence-electron chi connectivity index (χ1n) is 10.0. The molecule has 148 valence electrons. The van der Waals surface area contributed by atoms with Crippen LogP contribution in [0.2, 0.25) is 0 Å². The normalized spacial score (nSPS) is 22.3. The SMILES string of the molecule is CC1(c2ccc3c(c2)CCC3)NC(=O)N(CC(=O)c2ccc3c(c2)CCO3)C1=O. The van der Waals surface area contributed by atoms with Crippen molar-refractivity contribution in [2.45, 2.75) is 38.1 Å². The van der Waals surface area contributed by atoms with Crippen LogP contribution in [-0.2, 0) is 29.6 Å². The lowest BCUT2D eigenvalue weighted by Gasteiger charge is -2.23. The highest BCUT2D eigenvalue weighted by Crippen LogP contribution is 2.33. The topological polar surface area (TPSA) is 75.7 Å². The molecule has 1 N–H and O–H groups in total. The summed E-state index contributed by atoms with van der Waals surface area (Å²) in [5.74, 6) is 0.139. The van der Waals surface area contributed by atoms with Gasteiger partial charge in [0.15, 0.2) is 5.78 Å². The molecule has 3 aliphatic rings. The van der Waals surface area contributed by atoms with Crippen LogP contribution in [0.15, 0.2) is 36.4 Å². The minimum atomic E-state index is -1.15. The first kappa shape index (κ1) is 17.9. The van der Waals surface area contributed by atoms with E-state index in [-0.39, 0.29) is 12.3 Å². The fourth-order valence-electron chi connectivity index (χ4n) is 4.51. The smallest absolute Gasteiger partial charge is 0.325 e. The van der Waals surface area contributed by atoms with E-state index in [9.17, 15) is 14.4 Å². The van der Waals surface area contributed by atoms with Gasteiger partial charge in [0, 0.05) is 12.0 Å². The van der Waals surface area contributed by atoms with Crippen molar-refractivity contribution in [2.75, 3.05) is 13.2 Å². The van der Waals surface area contributed by atoms with Crippen molar-refractivity contribution < 1.29 is 19.1 Å². The summed E-state index contributed by atoms with van der Waals surface area (Å²) in [6.45, 7) is 2.05.